The van der Waals surface area contributed by atoms with Crippen LogP contribution in [0.5, 0.6) is 0 Å². The van der Waals surface area contributed by atoms with Gasteiger partial charge in [0.1, 0.15) is 0 Å². The van der Waals surface area contributed by atoms with Gasteiger partial charge in [-0.3, -0.25) is 4.79 Å². The third-order valence-corrected chi connectivity index (χ3v) is 6.13. The summed E-state index contributed by atoms with van der Waals surface area (Å²) in [6.07, 6.45) is 2.39. The van der Waals surface area contributed by atoms with Crippen molar-refractivity contribution in [2.45, 2.75) is 26.7 Å². The van der Waals surface area contributed by atoms with Crippen LogP contribution in [-0.2, 0) is 0 Å². The number of hydrogen-bond acceptors (Lipinski definition) is 7. The van der Waals surface area contributed by atoms with Crippen LogP contribution < -0.4 is 10.2 Å². The van der Waals surface area contributed by atoms with Gasteiger partial charge in [-0.1, -0.05) is 36.3 Å². The van der Waals surface area contributed by atoms with Gasteiger partial charge in [0.2, 0.25) is 11.7 Å². The number of amides is 1. The van der Waals surface area contributed by atoms with Crippen LogP contribution >= 0.6 is 0 Å². The highest BCUT2D eigenvalue weighted by atomic mass is 16.5. The predicted octanol–water partition coefficient (Wildman–Crippen LogP) is 4.99. The van der Waals surface area contributed by atoms with Crippen LogP contribution in [0.2, 0.25) is 0 Å². The van der Waals surface area contributed by atoms with Crippen LogP contribution in [0.4, 0.5) is 11.5 Å². The molecule has 4 aromatic rings. The monoisotopic (exact) mass is 454 g/mol. The van der Waals surface area contributed by atoms with Gasteiger partial charge in [-0.2, -0.15) is 4.98 Å². The minimum atomic E-state index is -0.191. The van der Waals surface area contributed by atoms with Gasteiger partial charge in [0.05, 0.1) is 5.69 Å². The average molecular weight is 455 g/mol. The van der Waals surface area contributed by atoms with E-state index in [9.17, 15) is 4.79 Å². The van der Waals surface area contributed by atoms with Crippen LogP contribution in [0.1, 0.15) is 36.0 Å². The first-order valence-electron chi connectivity index (χ1n) is 11.5. The third-order valence-electron chi connectivity index (χ3n) is 6.13. The Balaban J connectivity index is 1.21. The van der Waals surface area contributed by atoms with E-state index in [1.54, 1.807) is 31.2 Å². The maximum Gasteiger partial charge on any atom is 0.255 e. The van der Waals surface area contributed by atoms with Crippen molar-refractivity contribution in [3.05, 3.63) is 72.1 Å². The Morgan fingerprint density at radius 2 is 1.65 bits per heavy atom. The summed E-state index contributed by atoms with van der Waals surface area (Å²) in [7, 11) is 0. The van der Waals surface area contributed by atoms with Gasteiger partial charge in [-0.05, 0) is 55.2 Å². The number of aromatic nitrogens is 4. The molecule has 8 nitrogen and oxygen atoms in total. The first kappa shape index (κ1) is 21.8. The summed E-state index contributed by atoms with van der Waals surface area (Å²) in [5, 5.41) is 15.7. The Bertz CT molecular complexity index is 1260. The molecule has 2 aromatic carbocycles. The standard InChI is InChI=1S/C26H26N6O2/c1-17-13-15-32(16-14-17)24-12-11-23(29-30-24)19-7-9-22(10-8-19)28-26(33)21-5-3-20(4-6-21)25-27-18(2)34-31-25/h3-12,17H,13-16H2,1-2H3,(H,28,33). The molecule has 1 fully saturated rings. The van der Waals surface area contributed by atoms with E-state index in [0.29, 0.717) is 23.0 Å². The minimum absolute atomic E-state index is 0.191. The van der Waals surface area contributed by atoms with Crippen molar-refractivity contribution in [2.75, 3.05) is 23.3 Å². The smallest absolute Gasteiger partial charge is 0.255 e. The lowest BCUT2D eigenvalue weighted by Crippen LogP contribution is -2.33. The van der Waals surface area contributed by atoms with E-state index in [0.717, 1.165) is 41.6 Å². The van der Waals surface area contributed by atoms with Gasteiger partial charge in [0.15, 0.2) is 5.82 Å². The van der Waals surface area contributed by atoms with Crippen LogP contribution in [0.15, 0.2) is 65.2 Å². The number of carbonyl (C=O) groups excluding carboxylic acids is 1. The molecule has 3 heterocycles. The highest BCUT2D eigenvalue weighted by Crippen LogP contribution is 2.24. The Labute approximate surface area is 198 Å². The zero-order valence-electron chi connectivity index (χ0n) is 19.2. The van der Waals surface area contributed by atoms with E-state index in [2.05, 4.69) is 37.5 Å². The molecule has 34 heavy (non-hydrogen) atoms. The molecule has 0 unspecified atom stereocenters. The van der Waals surface area contributed by atoms with Crippen molar-refractivity contribution in [1.29, 1.82) is 0 Å². The quantitative estimate of drug-likeness (QED) is 0.454. The minimum Gasteiger partial charge on any atom is -0.355 e. The molecular formula is C26H26N6O2. The van der Waals surface area contributed by atoms with E-state index >= 15 is 0 Å². The zero-order chi connectivity index (χ0) is 23.5. The molecule has 0 atom stereocenters. The van der Waals surface area contributed by atoms with Gasteiger partial charge in [0, 0.05) is 42.4 Å². The van der Waals surface area contributed by atoms with Crippen molar-refractivity contribution < 1.29 is 9.32 Å². The molecule has 8 heteroatoms. The molecule has 1 N–H and O–H groups in total. The van der Waals surface area contributed by atoms with E-state index in [-0.39, 0.29) is 5.91 Å². The van der Waals surface area contributed by atoms with Crippen LogP contribution in [0.3, 0.4) is 0 Å². The largest absolute Gasteiger partial charge is 0.355 e. The molecule has 5 rings (SSSR count). The lowest BCUT2D eigenvalue weighted by Gasteiger charge is -2.30. The maximum atomic E-state index is 12.6. The summed E-state index contributed by atoms with van der Waals surface area (Å²) in [6.45, 7) is 6.10. The molecule has 1 aliphatic heterocycles. The molecule has 0 spiro atoms. The van der Waals surface area contributed by atoms with Gasteiger partial charge in [-0.15, -0.1) is 10.2 Å². The number of nitrogens with one attached hydrogen (secondary N) is 1. The fraction of sp³-hybridized carbons (Fsp3) is 0.269. The number of benzene rings is 2. The Morgan fingerprint density at radius 1 is 0.941 bits per heavy atom. The predicted molar refractivity (Wildman–Crippen MR) is 131 cm³/mol. The second-order valence-electron chi connectivity index (χ2n) is 8.69. The molecule has 2 aromatic heterocycles. The second kappa shape index (κ2) is 9.43. The summed E-state index contributed by atoms with van der Waals surface area (Å²) in [4.78, 5) is 19.1. The normalized spacial score (nSPS) is 14.2. The van der Waals surface area contributed by atoms with Crippen molar-refractivity contribution in [1.82, 2.24) is 20.3 Å². The van der Waals surface area contributed by atoms with Crippen LogP contribution in [0.25, 0.3) is 22.6 Å². The Kier molecular flexibility index (Phi) is 6.03. The van der Waals surface area contributed by atoms with E-state index in [4.69, 9.17) is 4.52 Å². The highest BCUT2D eigenvalue weighted by Gasteiger charge is 2.17. The van der Waals surface area contributed by atoms with Crippen molar-refractivity contribution in [3.8, 4) is 22.6 Å². The second-order valence-corrected chi connectivity index (χ2v) is 8.69. The molecular weight excluding hydrogens is 428 g/mol. The number of nitrogens with zero attached hydrogens (tertiary/aromatic N) is 5. The first-order valence-corrected chi connectivity index (χ1v) is 11.5. The molecule has 1 saturated heterocycles. The maximum absolute atomic E-state index is 12.6. The molecule has 1 aliphatic rings. The van der Waals surface area contributed by atoms with E-state index in [1.165, 1.54) is 12.8 Å². The third kappa shape index (κ3) is 4.80. The van der Waals surface area contributed by atoms with Gasteiger partial charge < -0.3 is 14.7 Å². The molecule has 0 bridgehead atoms. The Hall–Kier alpha value is -4.07. The number of carbonyl (C=O) groups is 1. The number of hydrogen-bond donors (Lipinski definition) is 1. The van der Waals surface area contributed by atoms with Crippen LogP contribution in [-0.4, -0.2) is 39.3 Å². The van der Waals surface area contributed by atoms with Crippen molar-refractivity contribution in [2.24, 2.45) is 5.92 Å². The van der Waals surface area contributed by atoms with Crippen molar-refractivity contribution in [3.63, 3.8) is 0 Å². The van der Waals surface area contributed by atoms with Gasteiger partial charge >= 0.3 is 0 Å². The lowest BCUT2D eigenvalue weighted by molar-refractivity contribution is 0.102. The van der Waals surface area contributed by atoms with Crippen LogP contribution in [0, 0.1) is 12.8 Å². The molecule has 1 amide bonds. The fourth-order valence-corrected chi connectivity index (χ4v) is 4.00. The molecule has 0 saturated carbocycles. The Morgan fingerprint density at radius 3 is 2.26 bits per heavy atom. The fourth-order valence-electron chi connectivity index (χ4n) is 4.00. The summed E-state index contributed by atoms with van der Waals surface area (Å²) in [6, 6.07) is 18.7. The molecule has 0 radical (unpaired) electrons. The highest BCUT2D eigenvalue weighted by molar-refractivity contribution is 6.04. The summed E-state index contributed by atoms with van der Waals surface area (Å²) in [5.41, 5.74) is 3.79. The summed E-state index contributed by atoms with van der Waals surface area (Å²) in [5.74, 6) is 2.52. The molecule has 172 valence electrons. The van der Waals surface area contributed by atoms with Gasteiger partial charge in [-0.25, -0.2) is 0 Å². The SMILES string of the molecule is Cc1nc(-c2ccc(C(=O)Nc3ccc(-c4ccc(N5CCC(C)CC5)nn4)cc3)cc2)no1. The number of anilines is 2. The average Bonchev–Trinajstić information content (AvgIpc) is 3.31. The summed E-state index contributed by atoms with van der Waals surface area (Å²) >= 11 is 0. The van der Waals surface area contributed by atoms with E-state index in [1.807, 2.05) is 36.4 Å². The van der Waals surface area contributed by atoms with Crippen molar-refractivity contribution >= 4 is 17.4 Å². The molecule has 0 aliphatic carbocycles. The van der Waals surface area contributed by atoms with E-state index < -0.39 is 0 Å². The number of aryl methyl sites for hydroxylation is 1. The zero-order valence-corrected chi connectivity index (χ0v) is 19.2. The topological polar surface area (TPSA) is 97.0 Å². The lowest BCUT2D eigenvalue weighted by atomic mass is 9.99. The number of rotatable bonds is 5. The first-order chi connectivity index (χ1) is 16.5. The van der Waals surface area contributed by atoms with Gasteiger partial charge in [0.25, 0.3) is 5.91 Å². The number of piperidine rings is 1. The summed E-state index contributed by atoms with van der Waals surface area (Å²) < 4.78 is 5.00.